The largest absolute Gasteiger partial charge is 0.491 e. The van der Waals surface area contributed by atoms with Crippen molar-refractivity contribution in [2.24, 2.45) is 5.73 Å². The Balaban J connectivity index is 2.30. The summed E-state index contributed by atoms with van der Waals surface area (Å²) in [5, 5.41) is 0. The first-order valence-corrected chi connectivity index (χ1v) is 6.75. The van der Waals surface area contributed by atoms with Gasteiger partial charge in [-0.2, -0.15) is 0 Å². The first-order chi connectivity index (χ1) is 8.62. The predicted octanol–water partition coefficient (Wildman–Crippen LogP) is 2.83. The molecule has 100 valence electrons. The Hall–Kier alpha value is -1.06. The maximum absolute atomic E-state index is 6.60. The van der Waals surface area contributed by atoms with Crippen LogP contribution in [0.4, 0.5) is 0 Å². The second kappa shape index (κ2) is 5.72. The molecule has 0 saturated carbocycles. The fraction of sp³-hybridized carbons (Fsp3) is 0.600. The highest BCUT2D eigenvalue weighted by Gasteiger charge is 2.31. The van der Waals surface area contributed by atoms with Crippen LogP contribution in [-0.2, 0) is 10.3 Å². The molecule has 1 aliphatic heterocycles. The van der Waals surface area contributed by atoms with E-state index in [1.54, 1.807) is 0 Å². The van der Waals surface area contributed by atoms with Gasteiger partial charge in [0.2, 0.25) is 0 Å². The number of ether oxygens (including phenoxy) is 2. The minimum absolute atomic E-state index is 0.164. The van der Waals surface area contributed by atoms with Crippen LogP contribution in [0.5, 0.6) is 5.75 Å². The molecule has 0 aromatic heterocycles. The van der Waals surface area contributed by atoms with E-state index in [4.69, 9.17) is 15.2 Å². The van der Waals surface area contributed by atoms with Crippen molar-refractivity contribution in [2.75, 3.05) is 13.2 Å². The fourth-order valence-electron chi connectivity index (χ4n) is 2.48. The van der Waals surface area contributed by atoms with E-state index >= 15 is 0 Å². The van der Waals surface area contributed by atoms with Gasteiger partial charge in [-0.3, -0.25) is 0 Å². The summed E-state index contributed by atoms with van der Waals surface area (Å²) in [6, 6.07) is 8.12. The second-order valence-corrected chi connectivity index (χ2v) is 5.28. The van der Waals surface area contributed by atoms with E-state index in [9.17, 15) is 0 Å². The molecule has 18 heavy (non-hydrogen) atoms. The Bertz CT molecular complexity index is 382. The predicted molar refractivity (Wildman–Crippen MR) is 72.7 cm³/mol. The first kappa shape index (κ1) is 13.4. The van der Waals surface area contributed by atoms with Gasteiger partial charge in [0.15, 0.2) is 0 Å². The van der Waals surface area contributed by atoms with Crippen molar-refractivity contribution in [3.63, 3.8) is 0 Å². The van der Waals surface area contributed by atoms with Gasteiger partial charge in [0.25, 0.3) is 0 Å². The minimum atomic E-state index is -0.317. The second-order valence-electron chi connectivity index (χ2n) is 5.28. The molecular weight excluding hydrogens is 226 g/mol. The highest BCUT2D eigenvalue weighted by atomic mass is 16.5. The van der Waals surface area contributed by atoms with E-state index in [1.165, 1.54) is 0 Å². The van der Waals surface area contributed by atoms with Crippen molar-refractivity contribution in [3.05, 3.63) is 29.8 Å². The van der Waals surface area contributed by atoms with Crippen molar-refractivity contribution in [1.82, 2.24) is 0 Å². The summed E-state index contributed by atoms with van der Waals surface area (Å²) in [6.45, 7) is 5.62. The van der Waals surface area contributed by atoms with Gasteiger partial charge >= 0.3 is 0 Å². The number of rotatable bonds is 3. The summed E-state index contributed by atoms with van der Waals surface area (Å²) in [6.07, 6.45) is 2.97. The van der Waals surface area contributed by atoms with Crippen LogP contribution in [0.15, 0.2) is 24.3 Å². The van der Waals surface area contributed by atoms with Gasteiger partial charge in [-0.15, -0.1) is 0 Å². The van der Waals surface area contributed by atoms with E-state index in [0.717, 1.165) is 43.8 Å². The van der Waals surface area contributed by atoms with Gasteiger partial charge in [-0.1, -0.05) is 18.2 Å². The van der Waals surface area contributed by atoms with Gasteiger partial charge in [0, 0.05) is 24.3 Å². The van der Waals surface area contributed by atoms with Crippen molar-refractivity contribution in [1.29, 1.82) is 0 Å². The van der Waals surface area contributed by atoms with Gasteiger partial charge in [0.05, 0.1) is 6.10 Å². The lowest BCUT2D eigenvalue weighted by atomic mass is 9.83. The number of hydrogen-bond acceptors (Lipinski definition) is 3. The molecule has 0 aliphatic carbocycles. The van der Waals surface area contributed by atoms with Gasteiger partial charge in [-0.05, 0) is 39.2 Å². The molecule has 0 spiro atoms. The SMILES string of the molecule is CC(C)Oc1ccccc1C1(N)CCCOCC1. The molecule has 1 aromatic rings. The van der Waals surface area contributed by atoms with Crippen LogP contribution in [0, 0.1) is 0 Å². The molecule has 1 fully saturated rings. The molecule has 0 amide bonds. The number of benzene rings is 1. The number of nitrogens with two attached hydrogens (primary N) is 1. The van der Waals surface area contributed by atoms with Crippen molar-refractivity contribution in [2.45, 2.75) is 44.8 Å². The Morgan fingerprint density at radius 3 is 2.78 bits per heavy atom. The number of hydrogen-bond donors (Lipinski definition) is 1. The van der Waals surface area contributed by atoms with Crippen molar-refractivity contribution < 1.29 is 9.47 Å². The summed E-state index contributed by atoms with van der Waals surface area (Å²) >= 11 is 0. The highest BCUT2D eigenvalue weighted by Crippen LogP contribution is 2.35. The molecule has 1 aliphatic rings. The van der Waals surface area contributed by atoms with Gasteiger partial charge in [0.1, 0.15) is 5.75 Å². The standard InChI is InChI=1S/C15H23NO2/c1-12(2)18-14-7-4-3-6-13(14)15(16)8-5-10-17-11-9-15/h3-4,6-7,12H,5,8-11,16H2,1-2H3. The Labute approximate surface area is 109 Å². The average molecular weight is 249 g/mol. The fourth-order valence-corrected chi connectivity index (χ4v) is 2.48. The molecule has 2 rings (SSSR count). The highest BCUT2D eigenvalue weighted by molar-refractivity contribution is 5.39. The van der Waals surface area contributed by atoms with Crippen LogP contribution in [0.3, 0.4) is 0 Å². The molecule has 3 heteroatoms. The minimum Gasteiger partial charge on any atom is -0.491 e. The summed E-state index contributed by atoms with van der Waals surface area (Å²) < 4.78 is 11.4. The third-order valence-corrected chi connectivity index (χ3v) is 3.39. The lowest BCUT2D eigenvalue weighted by Crippen LogP contribution is -2.37. The zero-order valence-corrected chi connectivity index (χ0v) is 11.3. The molecule has 1 aromatic carbocycles. The summed E-state index contributed by atoms with van der Waals surface area (Å²) in [7, 11) is 0. The topological polar surface area (TPSA) is 44.5 Å². The van der Waals surface area contributed by atoms with Crippen molar-refractivity contribution >= 4 is 0 Å². The molecule has 1 saturated heterocycles. The Morgan fingerprint density at radius 1 is 1.22 bits per heavy atom. The quantitative estimate of drug-likeness (QED) is 0.896. The first-order valence-electron chi connectivity index (χ1n) is 6.75. The number of para-hydroxylation sites is 1. The summed E-state index contributed by atoms with van der Waals surface area (Å²) in [5.74, 6) is 0.914. The molecule has 2 N–H and O–H groups in total. The molecule has 1 heterocycles. The van der Waals surface area contributed by atoms with E-state index < -0.39 is 0 Å². The van der Waals surface area contributed by atoms with E-state index in [2.05, 4.69) is 6.07 Å². The molecule has 0 bridgehead atoms. The third-order valence-electron chi connectivity index (χ3n) is 3.39. The normalized spacial score (nSPS) is 24.9. The van der Waals surface area contributed by atoms with E-state index in [1.807, 2.05) is 32.0 Å². The molecule has 1 unspecified atom stereocenters. The Kier molecular flexibility index (Phi) is 4.25. The summed E-state index contributed by atoms with van der Waals surface area (Å²) in [5.41, 5.74) is 7.39. The van der Waals surface area contributed by atoms with Crippen LogP contribution in [-0.4, -0.2) is 19.3 Å². The van der Waals surface area contributed by atoms with Gasteiger partial charge in [-0.25, -0.2) is 0 Å². The van der Waals surface area contributed by atoms with Crippen LogP contribution in [0.2, 0.25) is 0 Å². The smallest absolute Gasteiger partial charge is 0.124 e. The zero-order chi connectivity index (χ0) is 13.0. The molecule has 3 nitrogen and oxygen atoms in total. The lowest BCUT2D eigenvalue weighted by Gasteiger charge is -2.30. The molecule has 1 atom stereocenters. The van der Waals surface area contributed by atoms with Crippen LogP contribution in [0.1, 0.15) is 38.7 Å². The van der Waals surface area contributed by atoms with Crippen LogP contribution >= 0.6 is 0 Å². The van der Waals surface area contributed by atoms with Crippen LogP contribution in [0.25, 0.3) is 0 Å². The maximum Gasteiger partial charge on any atom is 0.124 e. The van der Waals surface area contributed by atoms with Crippen molar-refractivity contribution in [3.8, 4) is 5.75 Å². The van der Waals surface area contributed by atoms with E-state index in [-0.39, 0.29) is 11.6 Å². The maximum atomic E-state index is 6.60. The summed E-state index contributed by atoms with van der Waals surface area (Å²) in [4.78, 5) is 0. The monoisotopic (exact) mass is 249 g/mol. The van der Waals surface area contributed by atoms with Gasteiger partial charge < -0.3 is 15.2 Å². The zero-order valence-electron chi connectivity index (χ0n) is 11.3. The molecular formula is C15H23NO2. The third kappa shape index (κ3) is 3.03. The lowest BCUT2D eigenvalue weighted by molar-refractivity contribution is 0.139. The average Bonchev–Trinajstić information content (AvgIpc) is 2.55. The molecule has 0 radical (unpaired) electrons. The van der Waals surface area contributed by atoms with E-state index in [0.29, 0.717) is 0 Å². The van der Waals surface area contributed by atoms with Crippen LogP contribution < -0.4 is 10.5 Å². The Morgan fingerprint density at radius 2 is 2.00 bits per heavy atom.